The molecular weight excluding hydrogens is 276 g/mol. The van der Waals surface area contributed by atoms with E-state index in [1.807, 2.05) is 18.2 Å². The molecule has 1 aromatic rings. The minimum Gasteiger partial charge on any atom is -0.396 e. The summed E-state index contributed by atoms with van der Waals surface area (Å²) in [6.45, 7) is 1.98. The monoisotopic (exact) mass is 290 g/mol. The lowest BCUT2D eigenvalue weighted by Crippen LogP contribution is -1.91. The van der Waals surface area contributed by atoms with Crippen molar-refractivity contribution in [2.24, 2.45) is 0 Å². The Labute approximate surface area is 103 Å². The molecule has 0 aromatic heterocycles. The molecule has 84 valence electrons. The number of thioether (sulfide) groups is 1. The van der Waals surface area contributed by atoms with Crippen molar-refractivity contribution in [3.8, 4) is 0 Å². The van der Waals surface area contributed by atoms with E-state index >= 15 is 0 Å². The Kier molecular flexibility index (Phi) is 5.68. The van der Waals surface area contributed by atoms with Crippen LogP contribution in [-0.4, -0.2) is 22.6 Å². The Balaban J connectivity index is 2.66. The van der Waals surface area contributed by atoms with Gasteiger partial charge in [0.05, 0.1) is 6.10 Å². The summed E-state index contributed by atoms with van der Waals surface area (Å²) < 4.78 is 1.00. The van der Waals surface area contributed by atoms with Gasteiger partial charge in [-0.1, -0.05) is 6.07 Å². The van der Waals surface area contributed by atoms with Crippen molar-refractivity contribution in [1.29, 1.82) is 0 Å². The van der Waals surface area contributed by atoms with Gasteiger partial charge in [0.25, 0.3) is 0 Å². The highest BCUT2D eigenvalue weighted by atomic mass is 79.9. The molecule has 0 spiro atoms. The number of hydrogen-bond donors (Lipinski definition) is 2. The van der Waals surface area contributed by atoms with E-state index in [-0.39, 0.29) is 6.61 Å². The van der Waals surface area contributed by atoms with Crippen molar-refractivity contribution in [2.75, 3.05) is 12.4 Å². The highest BCUT2D eigenvalue weighted by Gasteiger charge is 2.05. The predicted molar refractivity (Wildman–Crippen MR) is 67.2 cm³/mol. The molecule has 0 bridgehead atoms. The summed E-state index contributed by atoms with van der Waals surface area (Å²) in [5, 5.41) is 18.1. The van der Waals surface area contributed by atoms with E-state index in [4.69, 9.17) is 5.11 Å². The number of halogens is 1. The minimum absolute atomic E-state index is 0.233. The predicted octanol–water partition coefficient (Wildman–Crippen LogP) is 2.98. The van der Waals surface area contributed by atoms with Crippen molar-refractivity contribution < 1.29 is 10.2 Å². The summed E-state index contributed by atoms with van der Waals surface area (Å²) in [4.78, 5) is 1.15. The maximum atomic E-state index is 9.39. The number of hydrogen-bond acceptors (Lipinski definition) is 3. The van der Waals surface area contributed by atoms with Crippen LogP contribution in [-0.2, 0) is 0 Å². The molecule has 0 saturated carbocycles. The quantitative estimate of drug-likeness (QED) is 0.647. The van der Waals surface area contributed by atoms with Gasteiger partial charge in [-0.15, -0.1) is 11.8 Å². The highest BCUT2D eigenvalue weighted by molar-refractivity contribution is 9.10. The van der Waals surface area contributed by atoms with Gasteiger partial charge in [0, 0.05) is 21.7 Å². The maximum Gasteiger partial charge on any atom is 0.0762 e. The molecule has 0 fully saturated rings. The van der Waals surface area contributed by atoms with Gasteiger partial charge in [-0.05, 0) is 47.0 Å². The highest BCUT2D eigenvalue weighted by Crippen LogP contribution is 2.30. The van der Waals surface area contributed by atoms with Crippen molar-refractivity contribution in [3.63, 3.8) is 0 Å². The number of aliphatic hydroxyl groups is 2. The summed E-state index contributed by atoms with van der Waals surface area (Å²) in [5.41, 5.74) is 0.911. The molecule has 0 aliphatic heterocycles. The molecule has 0 aliphatic carbocycles. The Morgan fingerprint density at radius 1 is 1.47 bits per heavy atom. The molecule has 0 amide bonds. The second-order valence-electron chi connectivity index (χ2n) is 3.29. The summed E-state index contributed by atoms with van der Waals surface area (Å²) in [6, 6.07) is 5.86. The number of rotatable bonds is 5. The fraction of sp³-hybridized carbons (Fsp3) is 0.455. The van der Waals surface area contributed by atoms with Crippen LogP contribution < -0.4 is 0 Å². The standard InChI is InChI=1S/C11H15BrO2S/c1-8(14)9-3-4-11(10(12)7-9)15-6-2-5-13/h3-4,7-8,13-14H,2,5-6H2,1H3/t8-/m0/s1. The molecule has 1 atom stereocenters. The summed E-state index contributed by atoms with van der Waals surface area (Å²) >= 11 is 5.18. The average Bonchev–Trinajstić information content (AvgIpc) is 2.20. The third-order valence-electron chi connectivity index (χ3n) is 2.00. The zero-order chi connectivity index (χ0) is 11.3. The van der Waals surface area contributed by atoms with Crippen LogP contribution in [0.5, 0.6) is 0 Å². The molecule has 4 heteroatoms. The van der Waals surface area contributed by atoms with Gasteiger partial charge in [-0.25, -0.2) is 0 Å². The molecule has 1 rings (SSSR count). The topological polar surface area (TPSA) is 40.5 Å². The molecule has 2 N–H and O–H groups in total. The van der Waals surface area contributed by atoms with Gasteiger partial charge >= 0.3 is 0 Å². The van der Waals surface area contributed by atoms with Crippen molar-refractivity contribution in [3.05, 3.63) is 28.2 Å². The lowest BCUT2D eigenvalue weighted by Gasteiger charge is -2.08. The van der Waals surface area contributed by atoms with Crippen LogP contribution in [0.3, 0.4) is 0 Å². The van der Waals surface area contributed by atoms with E-state index in [2.05, 4.69) is 15.9 Å². The zero-order valence-electron chi connectivity index (χ0n) is 8.61. The van der Waals surface area contributed by atoms with Crippen LogP contribution in [0.1, 0.15) is 25.0 Å². The Hall–Kier alpha value is -0.0300. The fourth-order valence-electron chi connectivity index (χ4n) is 1.14. The third-order valence-corrected chi connectivity index (χ3v) is 4.08. The van der Waals surface area contributed by atoms with Gasteiger partial charge in [0.2, 0.25) is 0 Å². The first-order valence-electron chi connectivity index (χ1n) is 4.86. The fourth-order valence-corrected chi connectivity index (χ4v) is 2.73. The molecule has 0 aliphatic rings. The molecule has 1 aromatic carbocycles. The molecule has 0 heterocycles. The Morgan fingerprint density at radius 2 is 2.20 bits per heavy atom. The Morgan fingerprint density at radius 3 is 2.73 bits per heavy atom. The first-order chi connectivity index (χ1) is 7.15. The SMILES string of the molecule is C[C@H](O)c1ccc(SCCCO)c(Br)c1. The van der Waals surface area contributed by atoms with Crippen LogP contribution in [0, 0.1) is 0 Å². The first kappa shape index (κ1) is 13.0. The van der Waals surface area contributed by atoms with Gasteiger partial charge in [0.1, 0.15) is 0 Å². The van der Waals surface area contributed by atoms with Gasteiger partial charge < -0.3 is 10.2 Å². The average molecular weight is 291 g/mol. The molecule has 0 unspecified atom stereocenters. The second kappa shape index (κ2) is 6.53. The van der Waals surface area contributed by atoms with Crippen LogP contribution in [0.25, 0.3) is 0 Å². The number of benzene rings is 1. The van der Waals surface area contributed by atoms with Crippen LogP contribution in [0.4, 0.5) is 0 Å². The van der Waals surface area contributed by atoms with E-state index in [9.17, 15) is 5.11 Å². The van der Waals surface area contributed by atoms with E-state index in [0.717, 1.165) is 27.1 Å². The third kappa shape index (κ3) is 4.15. The summed E-state index contributed by atoms with van der Waals surface area (Å²) in [5.74, 6) is 0.906. The molecular formula is C11H15BrO2S. The van der Waals surface area contributed by atoms with E-state index in [1.54, 1.807) is 18.7 Å². The maximum absolute atomic E-state index is 9.39. The van der Waals surface area contributed by atoms with E-state index in [0.29, 0.717) is 0 Å². The Bertz CT molecular complexity index is 315. The molecule has 15 heavy (non-hydrogen) atoms. The first-order valence-corrected chi connectivity index (χ1v) is 6.64. The van der Waals surface area contributed by atoms with Crippen LogP contribution in [0.2, 0.25) is 0 Å². The van der Waals surface area contributed by atoms with Gasteiger partial charge in [0.15, 0.2) is 0 Å². The molecule has 2 nitrogen and oxygen atoms in total. The zero-order valence-corrected chi connectivity index (χ0v) is 11.0. The minimum atomic E-state index is -0.433. The normalized spacial score (nSPS) is 12.8. The van der Waals surface area contributed by atoms with Gasteiger partial charge in [-0.3, -0.25) is 0 Å². The largest absolute Gasteiger partial charge is 0.396 e. The molecule has 0 saturated heterocycles. The summed E-state index contributed by atoms with van der Waals surface area (Å²) in [6.07, 6.45) is 0.368. The van der Waals surface area contributed by atoms with E-state index < -0.39 is 6.10 Å². The second-order valence-corrected chi connectivity index (χ2v) is 5.28. The smallest absolute Gasteiger partial charge is 0.0762 e. The van der Waals surface area contributed by atoms with Gasteiger partial charge in [-0.2, -0.15) is 0 Å². The van der Waals surface area contributed by atoms with Crippen molar-refractivity contribution >= 4 is 27.7 Å². The van der Waals surface area contributed by atoms with Crippen LogP contribution >= 0.6 is 27.7 Å². The van der Waals surface area contributed by atoms with Crippen molar-refractivity contribution in [2.45, 2.75) is 24.3 Å². The van der Waals surface area contributed by atoms with E-state index in [1.165, 1.54) is 0 Å². The van der Waals surface area contributed by atoms with Crippen molar-refractivity contribution in [1.82, 2.24) is 0 Å². The van der Waals surface area contributed by atoms with Crippen LogP contribution in [0.15, 0.2) is 27.6 Å². The molecule has 0 radical (unpaired) electrons. The summed E-state index contributed by atoms with van der Waals surface area (Å²) in [7, 11) is 0. The number of aliphatic hydroxyl groups excluding tert-OH is 2. The lowest BCUT2D eigenvalue weighted by molar-refractivity contribution is 0.199. The lowest BCUT2D eigenvalue weighted by atomic mass is 10.1.